The molecule has 4 nitrogen and oxygen atoms in total. The quantitative estimate of drug-likeness (QED) is 0.380. The van der Waals surface area contributed by atoms with Crippen molar-refractivity contribution in [3.63, 3.8) is 0 Å². The van der Waals surface area contributed by atoms with Gasteiger partial charge >= 0.3 is 5.69 Å². The smallest absolute Gasteiger partial charge is 0.313 e. The molecule has 1 aliphatic carbocycles. The van der Waals surface area contributed by atoms with E-state index in [1.165, 1.54) is 25.0 Å². The summed E-state index contributed by atoms with van der Waals surface area (Å²) >= 11 is 4.45. The topological polar surface area (TPSA) is 52.4 Å². The summed E-state index contributed by atoms with van der Waals surface area (Å²) in [7, 11) is 0. The minimum Gasteiger partial charge on any atom is -0.486 e. The molecule has 0 saturated heterocycles. The summed E-state index contributed by atoms with van der Waals surface area (Å²) in [5.74, 6) is 0.196. The Morgan fingerprint density at radius 2 is 1.95 bits per heavy atom. The lowest BCUT2D eigenvalue weighted by molar-refractivity contribution is -0.386. The van der Waals surface area contributed by atoms with Crippen LogP contribution in [0.5, 0.6) is 5.75 Å². The van der Waals surface area contributed by atoms with Crippen LogP contribution in [0.2, 0.25) is 0 Å². The molecule has 0 heterocycles. The Morgan fingerprint density at radius 3 is 2.52 bits per heavy atom. The number of nitro groups is 1. The predicted molar refractivity (Wildman–Crippen MR) is 82.5 cm³/mol. The van der Waals surface area contributed by atoms with Crippen molar-refractivity contribution >= 4 is 18.3 Å². The molecule has 116 valence electrons. The Bertz CT molecular complexity index is 502. The van der Waals surface area contributed by atoms with E-state index < -0.39 is 10.7 Å². The maximum atomic E-state index is 13.1. The van der Waals surface area contributed by atoms with Gasteiger partial charge in [-0.2, -0.15) is 12.6 Å². The van der Waals surface area contributed by atoms with E-state index in [4.69, 9.17) is 4.74 Å². The first-order valence-corrected chi connectivity index (χ1v) is 7.87. The lowest BCUT2D eigenvalue weighted by Gasteiger charge is -2.30. The molecule has 1 saturated carbocycles. The number of nitrogens with zero attached hydrogens (tertiary/aromatic N) is 1. The third-order valence-corrected chi connectivity index (χ3v) is 4.82. The normalized spacial score (nSPS) is 18.0. The molecule has 0 aliphatic heterocycles. The van der Waals surface area contributed by atoms with Gasteiger partial charge in [-0.3, -0.25) is 10.1 Å². The van der Waals surface area contributed by atoms with Gasteiger partial charge in [0.1, 0.15) is 5.82 Å². The van der Waals surface area contributed by atoms with E-state index in [0.29, 0.717) is 12.4 Å². The van der Waals surface area contributed by atoms with Crippen LogP contribution in [-0.2, 0) is 0 Å². The molecule has 0 amide bonds. The highest BCUT2D eigenvalue weighted by molar-refractivity contribution is 7.80. The van der Waals surface area contributed by atoms with Gasteiger partial charge in [0.15, 0.2) is 5.75 Å². The maximum Gasteiger partial charge on any atom is 0.313 e. The van der Waals surface area contributed by atoms with Crippen LogP contribution in [0.15, 0.2) is 18.2 Å². The molecule has 21 heavy (non-hydrogen) atoms. The Morgan fingerprint density at radius 1 is 1.29 bits per heavy atom. The molecule has 2 rings (SSSR count). The van der Waals surface area contributed by atoms with E-state index in [1.807, 2.05) is 0 Å². The minimum absolute atomic E-state index is 0.0398. The highest BCUT2D eigenvalue weighted by Gasteiger charge is 2.31. The summed E-state index contributed by atoms with van der Waals surface area (Å²) in [5, 5.41) is 11.0. The molecule has 0 bridgehead atoms. The van der Waals surface area contributed by atoms with Crippen molar-refractivity contribution < 1.29 is 14.1 Å². The number of rotatable bonds is 5. The summed E-state index contributed by atoms with van der Waals surface area (Å²) in [5.41, 5.74) is -0.361. The lowest BCUT2D eigenvalue weighted by atomic mass is 9.83. The molecule has 1 aromatic carbocycles. The van der Waals surface area contributed by atoms with E-state index in [-0.39, 0.29) is 16.9 Å². The van der Waals surface area contributed by atoms with E-state index >= 15 is 0 Å². The summed E-state index contributed by atoms with van der Waals surface area (Å²) in [6.45, 7) is 0.392. The van der Waals surface area contributed by atoms with Gasteiger partial charge in [-0.05, 0) is 30.7 Å². The van der Waals surface area contributed by atoms with E-state index in [1.54, 1.807) is 0 Å². The molecule has 0 spiro atoms. The fourth-order valence-electron chi connectivity index (χ4n) is 2.81. The van der Waals surface area contributed by atoms with Crippen molar-refractivity contribution in [3.8, 4) is 5.75 Å². The van der Waals surface area contributed by atoms with Crippen molar-refractivity contribution in [3.05, 3.63) is 34.1 Å². The summed E-state index contributed by atoms with van der Waals surface area (Å²) in [6.07, 6.45) is 6.74. The fourth-order valence-corrected chi connectivity index (χ4v) is 3.22. The highest BCUT2D eigenvalue weighted by Crippen LogP contribution is 2.38. The van der Waals surface area contributed by atoms with Gasteiger partial charge < -0.3 is 4.74 Å². The SMILES string of the molecule is O=[N+]([O-])c1cc(F)ccc1OCC1(CS)CCCCCC1. The van der Waals surface area contributed by atoms with Crippen molar-refractivity contribution in [2.75, 3.05) is 12.4 Å². The van der Waals surface area contributed by atoms with Crippen molar-refractivity contribution in [1.29, 1.82) is 0 Å². The molecular formula is C15H20FNO3S. The summed E-state index contributed by atoms with van der Waals surface area (Å²) < 4.78 is 18.8. The molecule has 0 atom stereocenters. The van der Waals surface area contributed by atoms with E-state index in [9.17, 15) is 14.5 Å². The zero-order chi connectivity index (χ0) is 15.3. The zero-order valence-corrected chi connectivity index (χ0v) is 12.8. The van der Waals surface area contributed by atoms with Gasteiger partial charge in [-0.1, -0.05) is 25.7 Å². The molecule has 0 N–H and O–H groups in total. The molecule has 1 fully saturated rings. The Hall–Kier alpha value is -1.30. The van der Waals surface area contributed by atoms with Gasteiger partial charge in [0.05, 0.1) is 17.6 Å². The molecule has 6 heteroatoms. The third-order valence-electron chi connectivity index (χ3n) is 4.15. The first-order chi connectivity index (χ1) is 10.1. The number of benzene rings is 1. The lowest BCUT2D eigenvalue weighted by Crippen LogP contribution is -2.30. The largest absolute Gasteiger partial charge is 0.486 e. The summed E-state index contributed by atoms with van der Waals surface area (Å²) in [4.78, 5) is 10.4. The minimum atomic E-state index is -0.632. The van der Waals surface area contributed by atoms with Crippen molar-refractivity contribution in [2.45, 2.75) is 38.5 Å². The standard InChI is InChI=1S/C15H20FNO3S/c16-12-5-6-14(13(9-12)17(18)19)20-10-15(11-21)7-3-1-2-4-8-15/h5-6,9,21H,1-4,7-8,10-11H2. The number of hydrogen-bond donors (Lipinski definition) is 1. The van der Waals surface area contributed by atoms with Crippen LogP contribution in [0, 0.1) is 21.3 Å². The predicted octanol–water partition coefficient (Wildman–Crippen LogP) is 4.38. The molecule has 0 aromatic heterocycles. The molecular weight excluding hydrogens is 293 g/mol. The second kappa shape index (κ2) is 7.11. The highest BCUT2D eigenvalue weighted by atomic mass is 32.1. The van der Waals surface area contributed by atoms with Gasteiger partial charge in [-0.25, -0.2) is 4.39 Å². The second-order valence-corrected chi connectivity index (χ2v) is 6.05. The number of ether oxygens (including phenoxy) is 1. The summed E-state index contributed by atoms with van der Waals surface area (Å²) in [6, 6.07) is 3.41. The average molecular weight is 313 g/mol. The van der Waals surface area contributed by atoms with Gasteiger partial charge in [0.2, 0.25) is 0 Å². The van der Waals surface area contributed by atoms with Crippen LogP contribution in [0.1, 0.15) is 38.5 Å². The Balaban J connectivity index is 2.12. The maximum absolute atomic E-state index is 13.1. The van der Waals surface area contributed by atoms with Gasteiger partial charge in [0, 0.05) is 5.41 Å². The number of hydrogen-bond acceptors (Lipinski definition) is 4. The van der Waals surface area contributed by atoms with Crippen LogP contribution >= 0.6 is 12.6 Å². The number of thiol groups is 1. The van der Waals surface area contributed by atoms with Crippen LogP contribution in [0.25, 0.3) is 0 Å². The van der Waals surface area contributed by atoms with E-state index in [2.05, 4.69) is 12.6 Å². The van der Waals surface area contributed by atoms with Crippen LogP contribution in [-0.4, -0.2) is 17.3 Å². The van der Waals surface area contributed by atoms with Gasteiger partial charge in [0.25, 0.3) is 0 Å². The van der Waals surface area contributed by atoms with Crippen LogP contribution in [0.4, 0.5) is 10.1 Å². The van der Waals surface area contributed by atoms with Crippen molar-refractivity contribution in [2.24, 2.45) is 5.41 Å². The molecule has 0 radical (unpaired) electrons. The zero-order valence-electron chi connectivity index (χ0n) is 11.9. The number of nitro benzene ring substituents is 1. The number of halogens is 1. The van der Waals surface area contributed by atoms with Crippen LogP contribution < -0.4 is 4.74 Å². The molecule has 0 unspecified atom stereocenters. The first-order valence-electron chi connectivity index (χ1n) is 7.24. The monoisotopic (exact) mass is 313 g/mol. The third kappa shape index (κ3) is 4.09. The average Bonchev–Trinajstić information content (AvgIpc) is 2.72. The van der Waals surface area contributed by atoms with Gasteiger partial charge in [-0.15, -0.1) is 0 Å². The Labute approximate surface area is 129 Å². The van der Waals surface area contributed by atoms with Crippen molar-refractivity contribution in [1.82, 2.24) is 0 Å². The second-order valence-electron chi connectivity index (χ2n) is 5.73. The van der Waals surface area contributed by atoms with Crippen LogP contribution in [0.3, 0.4) is 0 Å². The molecule has 1 aromatic rings. The molecule has 1 aliphatic rings. The Kier molecular flexibility index (Phi) is 5.45. The fraction of sp³-hybridized carbons (Fsp3) is 0.600. The first kappa shape index (κ1) is 16.1. The van der Waals surface area contributed by atoms with E-state index in [0.717, 1.165) is 31.7 Å².